The molecule has 0 radical (unpaired) electrons. The largest absolute Gasteiger partial charge is 0.494 e. The summed E-state index contributed by atoms with van der Waals surface area (Å²) in [7, 11) is 1.37. The summed E-state index contributed by atoms with van der Waals surface area (Å²) in [4.78, 5) is 0. The second-order valence-corrected chi connectivity index (χ2v) is 5.30. The van der Waals surface area contributed by atoms with Gasteiger partial charge in [-0.2, -0.15) is 0 Å². The standard InChI is InChI=1S/C15H13BrF3NO/c1-21-12-4-2-3-8(14(12)18)7-11(20)9-5-6-10(17)15(19)13(9)16/h2-6,11H,7,20H2,1H3. The molecule has 0 aliphatic rings. The minimum absolute atomic E-state index is 0.0432. The van der Waals surface area contributed by atoms with E-state index in [4.69, 9.17) is 10.5 Å². The molecule has 0 fully saturated rings. The van der Waals surface area contributed by atoms with Crippen molar-refractivity contribution in [3.05, 3.63) is 63.4 Å². The number of halogens is 4. The number of rotatable bonds is 4. The highest BCUT2D eigenvalue weighted by Gasteiger charge is 2.18. The summed E-state index contributed by atoms with van der Waals surface area (Å²) in [5, 5.41) is 0. The van der Waals surface area contributed by atoms with Gasteiger partial charge in [0.25, 0.3) is 0 Å². The van der Waals surface area contributed by atoms with Crippen LogP contribution in [0.15, 0.2) is 34.8 Å². The zero-order valence-corrected chi connectivity index (χ0v) is 12.8. The molecular formula is C15H13BrF3NO. The van der Waals surface area contributed by atoms with Crippen molar-refractivity contribution in [2.45, 2.75) is 12.5 Å². The van der Waals surface area contributed by atoms with Crippen LogP contribution in [0, 0.1) is 17.5 Å². The maximum Gasteiger partial charge on any atom is 0.173 e. The number of ether oxygens (including phenoxy) is 1. The maximum atomic E-state index is 14.1. The van der Waals surface area contributed by atoms with E-state index in [-0.39, 0.29) is 16.6 Å². The van der Waals surface area contributed by atoms with Gasteiger partial charge < -0.3 is 10.5 Å². The van der Waals surface area contributed by atoms with E-state index < -0.39 is 23.5 Å². The summed E-state index contributed by atoms with van der Waals surface area (Å²) in [5.41, 5.74) is 6.70. The van der Waals surface area contributed by atoms with Crippen LogP contribution in [-0.4, -0.2) is 7.11 Å². The third-order valence-electron chi connectivity index (χ3n) is 3.17. The molecule has 0 spiro atoms. The van der Waals surface area contributed by atoms with E-state index in [0.29, 0.717) is 11.1 Å². The van der Waals surface area contributed by atoms with Gasteiger partial charge in [-0.3, -0.25) is 0 Å². The lowest BCUT2D eigenvalue weighted by Gasteiger charge is -2.16. The lowest BCUT2D eigenvalue weighted by molar-refractivity contribution is 0.383. The first kappa shape index (κ1) is 15.9. The van der Waals surface area contributed by atoms with Gasteiger partial charge in [-0.15, -0.1) is 0 Å². The molecule has 2 nitrogen and oxygen atoms in total. The predicted molar refractivity (Wildman–Crippen MR) is 77.6 cm³/mol. The molecule has 2 rings (SSSR count). The molecule has 0 heterocycles. The highest BCUT2D eigenvalue weighted by atomic mass is 79.9. The van der Waals surface area contributed by atoms with Crippen LogP contribution >= 0.6 is 15.9 Å². The first-order valence-corrected chi connectivity index (χ1v) is 6.95. The highest BCUT2D eigenvalue weighted by molar-refractivity contribution is 9.10. The monoisotopic (exact) mass is 359 g/mol. The summed E-state index contributed by atoms with van der Waals surface area (Å²) < 4.78 is 45.5. The molecule has 1 atom stereocenters. The quantitative estimate of drug-likeness (QED) is 0.833. The smallest absolute Gasteiger partial charge is 0.173 e. The van der Waals surface area contributed by atoms with Crippen LogP contribution in [0.4, 0.5) is 13.2 Å². The highest BCUT2D eigenvalue weighted by Crippen LogP contribution is 2.30. The maximum absolute atomic E-state index is 14.1. The average Bonchev–Trinajstić information content (AvgIpc) is 2.47. The number of methoxy groups -OCH3 is 1. The summed E-state index contributed by atoms with van der Waals surface area (Å²) in [5.74, 6) is -2.36. The van der Waals surface area contributed by atoms with Crippen molar-refractivity contribution < 1.29 is 17.9 Å². The van der Waals surface area contributed by atoms with Gasteiger partial charge in [0.2, 0.25) is 0 Å². The SMILES string of the molecule is COc1cccc(CC(N)c2ccc(F)c(F)c2Br)c1F. The van der Waals surface area contributed by atoms with E-state index in [9.17, 15) is 13.2 Å². The Morgan fingerprint density at radius 1 is 1.14 bits per heavy atom. The Hall–Kier alpha value is -1.53. The molecule has 2 aromatic carbocycles. The molecule has 0 saturated carbocycles. The summed E-state index contributed by atoms with van der Waals surface area (Å²) >= 11 is 2.98. The lowest BCUT2D eigenvalue weighted by atomic mass is 9.99. The molecule has 112 valence electrons. The molecule has 0 aliphatic carbocycles. The molecule has 0 amide bonds. The molecule has 0 aliphatic heterocycles. The Balaban J connectivity index is 2.31. The van der Waals surface area contributed by atoms with Crippen LogP contribution in [-0.2, 0) is 6.42 Å². The van der Waals surface area contributed by atoms with E-state index >= 15 is 0 Å². The Morgan fingerprint density at radius 3 is 2.52 bits per heavy atom. The van der Waals surface area contributed by atoms with E-state index in [1.165, 1.54) is 19.2 Å². The molecule has 21 heavy (non-hydrogen) atoms. The van der Waals surface area contributed by atoms with Crippen LogP contribution in [0.25, 0.3) is 0 Å². The molecule has 2 aromatic rings. The van der Waals surface area contributed by atoms with Crippen molar-refractivity contribution in [3.8, 4) is 5.75 Å². The summed E-state index contributed by atoms with van der Waals surface area (Å²) in [6, 6.07) is 6.41. The van der Waals surface area contributed by atoms with E-state index in [1.54, 1.807) is 12.1 Å². The number of hydrogen-bond acceptors (Lipinski definition) is 2. The number of nitrogens with two attached hydrogens (primary N) is 1. The van der Waals surface area contributed by atoms with Gasteiger partial charge in [0.1, 0.15) is 0 Å². The van der Waals surface area contributed by atoms with Gasteiger partial charge >= 0.3 is 0 Å². The van der Waals surface area contributed by atoms with Gasteiger partial charge in [0.15, 0.2) is 23.2 Å². The average molecular weight is 360 g/mol. The van der Waals surface area contributed by atoms with Crippen LogP contribution < -0.4 is 10.5 Å². The van der Waals surface area contributed by atoms with E-state index in [0.717, 1.165) is 6.07 Å². The van der Waals surface area contributed by atoms with Crippen molar-refractivity contribution in [1.29, 1.82) is 0 Å². The molecule has 0 saturated heterocycles. The van der Waals surface area contributed by atoms with E-state index in [2.05, 4.69) is 15.9 Å². The number of hydrogen-bond donors (Lipinski definition) is 1. The molecule has 0 bridgehead atoms. The zero-order chi connectivity index (χ0) is 15.6. The second kappa shape index (κ2) is 6.49. The van der Waals surface area contributed by atoms with E-state index in [1.807, 2.05) is 0 Å². The predicted octanol–water partition coefficient (Wildman–Crippen LogP) is 4.12. The Labute approximate surface area is 128 Å². The van der Waals surface area contributed by atoms with Crippen molar-refractivity contribution in [2.24, 2.45) is 5.73 Å². The summed E-state index contributed by atoms with van der Waals surface area (Å²) in [6.45, 7) is 0. The van der Waals surface area contributed by atoms with Crippen molar-refractivity contribution >= 4 is 15.9 Å². The normalized spacial score (nSPS) is 12.3. The van der Waals surface area contributed by atoms with Crippen molar-refractivity contribution in [2.75, 3.05) is 7.11 Å². The van der Waals surface area contributed by atoms with Crippen LogP contribution in [0.1, 0.15) is 17.2 Å². The molecule has 6 heteroatoms. The molecule has 2 N–H and O–H groups in total. The van der Waals surface area contributed by atoms with Crippen molar-refractivity contribution in [1.82, 2.24) is 0 Å². The number of benzene rings is 2. The molecular weight excluding hydrogens is 347 g/mol. The minimum atomic E-state index is -1.01. The van der Waals surface area contributed by atoms with Gasteiger partial charge in [0, 0.05) is 6.04 Å². The Bertz CT molecular complexity index is 664. The van der Waals surface area contributed by atoms with Gasteiger partial charge in [0.05, 0.1) is 11.6 Å². The minimum Gasteiger partial charge on any atom is -0.494 e. The van der Waals surface area contributed by atoms with Crippen molar-refractivity contribution in [3.63, 3.8) is 0 Å². The lowest BCUT2D eigenvalue weighted by Crippen LogP contribution is -2.15. The molecule has 1 unspecified atom stereocenters. The fourth-order valence-electron chi connectivity index (χ4n) is 2.05. The van der Waals surface area contributed by atoms with Crippen LogP contribution in [0.2, 0.25) is 0 Å². The first-order valence-electron chi connectivity index (χ1n) is 6.16. The van der Waals surface area contributed by atoms with Gasteiger partial charge in [-0.25, -0.2) is 13.2 Å². The van der Waals surface area contributed by atoms with Gasteiger partial charge in [-0.1, -0.05) is 18.2 Å². The van der Waals surface area contributed by atoms with Crippen LogP contribution in [0.5, 0.6) is 5.75 Å². The molecule has 0 aromatic heterocycles. The first-order chi connectivity index (χ1) is 9.95. The van der Waals surface area contributed by atoms with Crippen LogP contribution in [0.3, 0.4) is 0 Å². The topological polar surface area (TPSA) is 35.2 Å². The zero-order valence-electron chi connectivity index (χ0n) is 11.2. The fraction of sp³-hybridized carbons (Fsp3) is 0.200. The fourth-order valence-corrected chi connectivity index (χ4v) is 2.66. The third kappa shape index (κ3) is 3.22. The van der Waals surface area contributed by atoms with Gasteiger partial charge in [-0.05, 0) is 45.6 Å². The second-order valence-electron chi connectivity index (χ2n) is 4.51. The Kier molecular flexibility index (Phi) is 4.90. The third-order valence-corrected chi connectivity index (χ3v) is 3.97. The summed E-state index contributed by atoms with van der Waals surface area (Å²) in [6.07, 6.45) is 0.132. The Morgan fingerprint density at radius 2 is 1.86 bits per heavy atom.